The molecule has 1 atom stereocenters. The molecule has 23 heavy (non-hydrogen) atoms. The van der Waals surface area contributed by atoms with Crippen LogP contribution in [-0.2, 0) is 27.7 Å². The van der Waals surface area contributed by atoms with Crippen LogP contribution in [-0.4, -0.2) is 26.4 Å². The molecule has 3 N–H and O–H groups in total. The largest absolute Gasteiger partial charge is 0.511 e. The van der Waals surface area contributed by atoms with E-state index in [1.54, 1.807) is 6.07 Å². The Balaban J connectivity index is 2.68. The van der Waals surface area contributed by atoms with Crippen molar-refractivity contribution in [2.24, 2.45) is 11.7 Å². The minimum absolute atomic E-state index is 0.110. The van der Waals surface area contributed by atoms with Gasteiger partial charge in [0.05, 0.1) is 0 Å². The predicted molar refractivity (Wildman–Crippen MR) is 79.8 cm³/mol. The van der Waals surface area contributed by atoms with Gasteiger partial charge in [-0.05, 0) is 30.4 Å². The van der Waals surface area contributed by atoms with Gasteiger partial charge in [-0.3, -0.25) is 4.79 Å². The zero-order valence-electron chi connectivity index (χ0n) is 12.6. The fourth-order valence-electron chi connectivity index (χ4n) is 2.06. The summed E-state index contributed by atoms with van der Waals surface area (Å²) in [5, 5.41) is 0. The van der Waals surface area contributed by atoms with Gasteiger partial charge in [0.15, 0.2) is 0 Å². The highest BCUT2D eigenvalue weighted by atomic mass is 32.2. The fourth-order valence-corrected chi connectivity index (χ4v) is 2.61. The highest BCUT2D eigenvalue weighted by molar-refractivity contribution is 7.90. The second kappa shape index (κ2) is 7.78. The summed E-state index contributed by atoms with van der Waals surface area (Å²) in [6.07, 6.45) is 0.943. The molecule has 0 radical (unpaired) electrons. The van der Waals surface area contributed by atoms with Crippen LogP contribution in [0.5, 0.6) is 0 Å². The fraction of sp³-hybridized carbons (Fsp3) is 0.500. The van der Waals surface area contributed by atoms with E-state index >= 15 is 0 Å². The monoisotopic (exact) mass is 352 g/mol. The lowest BCUT2D eigenvalue weighted by Gasteiger charge is -2.15. The number of carbonyl (C=O) groups excluding carboxylic acids is 1. The first-order valence-corrected chi connectivity index (χ1v) is 8.48. The molecule has 1 aromatic carbocycles. The van der Waals surface area contributed by atoms with Crippen molar-refractivity contribution >= 4 is 15.9 Å². The van der Waals surface area contributed by atoms with Crippen LogP contribution in [0, 0.1) is 5.92 Å². The number of alkyl halides is 3. The molecule has 0 spiro atoms. The van der Waals surface area contributed by atoms with Crippen molar-refractivity contribution in [2.45, 2.75) is 31.7 Å². The predicted octanol–water partition coefficient (Wildman–Crippen LogP) is 1.72. The Labute approximate surface area is 133 Å². The highest BCUT2D eigenvalue weighted by Gasteiger charge is 2.45. The van der Waals surface area contributed by atoms with Crippen LogP contribution >= 0.6 is 0 Å². The van der Waals surface area contributed by atoms with Crippen LogP contribution in [0.4, 0.5) is 13.2 Å². The molecule has 0 bridgehead atoms. The van der Waals surface area contributed by atoms with Crippen LogP contribution < -0.4 is 10.5 Å². The minimum Gasteiger partial charge on any atom is -0.369 e. The van der Waals surface area contributed by atoms with Gasteiger partial charge >= 0.3 is 15.5 Å². The molecule has 1 unspecified atom stereocenters. The highest BCUT2D eigenvalue weighted by Crippen LogP contribution is 2.22. The number of hydrogen-bond acceptors (Lipinski definition) is 3. The van der Waals surface area contributed by atoms with Gasteiger partial charge in [-0.2, -0.15) is 13.2 Å². The number of nitrogens with two attached hydrogens (primary N) is 1. The van der Waals surface area contributed by atoms with E-state index in [4.69, 9.17) is 5.73 Å². The number of nitrogens with one attached hydrogen (secondary N) is 1. The van der Waals surface area contributed by atoms with E-state index in [-0.39, 0.29) is 12.8 Å². The molecule has 0 saturated carbocycles. The molecule has 0 saturated heterocycles. The molecule has 0 aliphatic rings. The average molecular weight is 352 g/mol. The number of amides is 1. The smallest absolute Gasteiger partial charge is 0.369 e. The molecule has 1 amide bonds. The van der Waals surface area contributed by atoms with Crippen molar-refractivity contribution in [2.75, 3.05) is 6.54 Å². The van der Waals surface area contributed by atoms with Crippen LogP contribution in [0.3, 0.4) is 0 Å². The van der Waals surface area contributed by atoms with Crippen LogP contribution in [0.25, 0.3) is 0 Å². The summed E-state index contributed by atoms with van der Waals surface area (Å²) < 4.78 is 59.8. The number of sulfonamides is 1. The van der Waals surface area contributed by atoms with Gasteiger partial charge in [0, 0.05) is 12.5 Å². The van der Waals surface area contributed by atoms with E-state index in [1.165, 1.54) is 4.72 Å². The Hall–Kier alpha value is -1.61. The van der Waals surface area contributed by atoms with Crippen molar-refractivity contribution in [3.63, 3.8) is 0 Å². The van der Waals surface area contributed by atoms with Crippen molar-refractivity contribution < 1.29 is 26.4 Å². The number of primary amides is 1. The van der Waals surface area contributed by atoms with Gasteiger partial charge in [-0.25, -0.2) is 13.1 Å². The van der Waals surface area contributed by atoms with Gasteiger partial charge in [0.1, 0.15) is 0 Å². The molecule has 5 nitrogen and oxygen atoms in total. The molecule has 1 aromatic rings. The van der Waals surface area contributed by atoms with E-state index in [0.29, 0.717) is 0 Å². The molecular formula is C14H19F3N2O3S. The maximum absolute atomic E-state index is 12.2. The van der Waals surface area contributed by atoms with E-state index in [1.807, 2.05) is 25.1 Å². The Kier molecular flexibility index (Phi) is 6.57. The Morgan fingerprint density at radius 1 is 1.30 bits per heavy atom. The minimum atomic E-state index is -5.40. The Morgan fingerprint density at radius 3 is 2.43 bits per heavy atom. The van der Waals surface area contributed by atoms with E-state index in [0.717, 1.165) is 17.5 Å². The number of benzene rings is 1. The molecule has 130 valence electrons. The van der Waals surface area contributed by atoms with Crippen molar-refractivity contribution in [1.82, 2.24) is 4.72 Å². The molecule has 0 heterocycles. The lowest BCUT2D eigenvalue weighted by Crippen LogP contribution is -2.38. The maximum Gasteiger partial charge on any atom is 0.511 e. The third-order valence-electron chi connectivity index (χ3n) is 3.37. The van der Waals surface area contributed by atoms with E-state index in [2.05, 4.69) is 0 Å². The van der Waals surface area contributed by atoms with Crippen LogP contribution in [0.2, 0.25) is 0 Å². The Bertz CT molecular complexity index is 645. The topological polar surface area (TPSA) is 89.3 Å². The SMILES string of the molecule is CCc1cccc(CC(CCNS(=O)(=O)C(F)(F)F)C(N)=O)c1. The Morgan fingerprint density at radius 2 is 1.91 bits per heavy atom. The second-order valence-electron chi connectivity index (χ2n) is 5.11. The standard InChI is InChI=1S/C14H19F3N2O3S/c1-2-10-4-3-5-11(8-10)9-12(13(18)20)6-7-19-23(21,22)14(15,16)17/h3-5,8,12,19H,2,6-7,9H2,1H3,(H2,18,20). The normalized spacial score (nSPS) is 13.7. The summed E-state index contributed by atoms with van der Waals surface area (Å²) >= 11 is 0. The molecule has 0 aliphatic heterocycles. The second-order valence-corrected chi connectivity index (χ2v) is 6.87. The van der Waals surface area contributed by atoms with Crippen molar-refractivity contribution in [3.05, 3.63) is 35.4 Å². The summed E-state index contributed by atoms with van der Waals surface area (Å²) in [5.41, 5.74) is 1.77. The van der Waals surface area contributed by atoms with Gasteiger partial charge < -0.3 is 5.73 Å². The first-order chi connectivity index (χ1) is 10.6. The first-order valence-electron chi connectivity index (χ1n) is 7.00. The number of hydrogen-bond donors (Lipinski definition) is 2. The van der Waals surface area contributed by atoms with Gasteiger partial charge in [-0.15, -0.1) is 0 Å². The van der Waals surface area contributed by atoms with Crippen molar-refractivity contribution in [3.8, 4) is 0 Å². The number of rotatable bonds is 8. The number of carbonyl (C=O) groups is 1. The van der Waals surface area contributed by atoms with Crippen LogP contribution in [0.1, 0.15) is 24.5 Å². The third-order valence-corrected chi connectivity index (χ3v) is 4.57. The third kappa shape index (κ3) is 5.83. The van der Waals surface area contributed by atoms with Crippen molar-refractivity contribution in [1.29, 1.82) is 0 Å². The quantitative estimate of drug-likeness (QED) is 0.747. The number of halogens is 3. The van der Waals surface area contributed by atoms with Gasteiger partial charge in [0.25, 0.3) is 0 Å². The molecule has 0 aromatic heterocycles. The summed E-state index contributed by atoms with van der Waals surface area (Å²) in [4.78, 5) is 11.4. The molecule has 9 heteroatoms. The maximum atomic E-state index is 12.2. The summed E-state index contributed by atoms with van der Waals surface area (Å²) in [5.74, 6) is -1.43. The average Bonchev–Trinajstić information content (AvgIpc) is 2.45. The molecular weight excluding hydrogens is 333 g/mol. The van der Waals surface area contributed by atoms with E-state index < -0.39 is 33.9 Å². The summed E-state index contributed by atoms with van der Waals surface area (Å²) in [6.45, 7) is 1.46. The number of aryl methyl sites for hydroxylation is 1. The zero-order chi connectivity index (χ0) is 17.7. The molecule has 0 aliphatic carbocycles. The zero-order valence-corrected chi connectivity index (χ0v) is 13.4. The summed E-state index contributed by atoms with van der Waals surface area (Å²) in [6, 6.07) is 7.41. The lowest BCUT2D eigenvalue weighted by atomic mass is 9.94. The van der Waals surface area contributed by atoms with Gasteiger partial charge in [-0.1, -0.05) is 31.2 Å². The van der Waals surface area contributed by atoms with Gasteiger partial charge in [0.2, 0.25) is 5.91 Å². The molecule has 1 rings (SSSR count). The summed E-state index contributed by atoms with van der Waals surface area (Å²) in [7, 11) is -5.40. The van der Waals surface area contributed by atoms with Crippen LogP contribution in [0.15, 0.2) is 24.3 Å². The first kappa shape index (κ1) is 19.4. The molecule has 0 fully saturated rings. The lowest BCUT2D eigenvalue weighted by molar-refractivity contribution is -0.121. The van der Waals surface area contributed by atoms with E-state index in [9.17, 15) is 26.4 Å².